The molecule has 0 aliphatic carbocycles. The molecule has 90 valence electrons. The van der Waals surface area contributed by atoms with Crippen LogP contribution in [0.5, 0.6) is 0 Å². The standard InChI is InChI=1S/C8H15F3N2OS/c1-4(14)5(2)15-3-6(7(12)13)8(9,10)11/h4-6,14H,3H2,1-2H3,(H3,12,13). The number of alkyl halides is 3. The van der Waals surface area contributed by atoms with Crippen molar-refractivity contribution in [1.82, 2.24) is 0 Å². The molecular weight excluding hydrogens is 229 g/mol. The lowest BCUT2D eigenvalue weighted by Gasteiger charge is -2.21. The third-order valence-corrected chi connectivity index (χ3v) is 3.42. The van der Waals surface area contributed by atoms with Gasteiger partial charge in [-0.2, -0.15) is 24.9 Å². The molecule has 0 heterocycles. The van der Waals surface area contributed by atoms with Gasteiger partial charge in [-0.25, -0.2) is 0 Å². The molecule has 15 heavy (non-hydrogen) atoms. The zero-order chi connectivity index (χ0) is 12.2. The third kappa shape index (κ3) is 5.27. The van der Waals surface area contributed by atoms with E-state index in [4.69, 9.17) is 16.2 Å². The monoisotopic (exact) mass is 244 g/mol. The van der Waals surface area contributed by atoms with Crippen molar-refractivity contribution in [2.24, 2.45) is 11.7 Å². The fourth-order valence-electron chi connectivity index (χ4n) is 0.748. The SMILES string of the molecule is CC(O)C(C)SCC(C(=N)N)C(F)(F)F. The Morgan fingerprint density at radius 3 is 2.20 bits per heavy atom. The minimum Gasteiger partial charge on any atom is -0.392 e. The first-order valence-electron chi connectivity index (χ1n) is 4.36. The van der Waals surface area contributed by atoms with Crippen molar-refractivity contribution in [2.45, 2.75) is 31.4 Å². The highest BCUT2D eigenvalue weighted by Crippen LogP contribution is 2.30. The minimum absolute atomic E-state index is 0.311. The van der Waals surface area contributed by atoms with E-state index in [0.717, 1.165) is 11.8 Å². The second-order valence-electron chi connectivity index (χ2n) is 3.33. The number of aliphatic hydroxyl groups is 1. The van der Waals surface area contributed by atoms with Crippen LogP contribution in [0, 0.1) is 11.3 Å². The number of nitrogens with one attached hydrogen (secondary N) is 1. The van der Waals surface area contributed by atoms with E-state index >= 15 is 0 Å². The van der Waals surface area contributed by atoms with Gasteiger partial charge in [0.1, 0.15) is 11.8 Å². The van der Waals surface area contributed by atoms with E-state index < -0.39 is 24.0 Å². The van der Waals surface area contributed by atoms with Gasteiger partial charge < -0.3 is 10.8 Å². The van der Waals surface area contributed by atoms with E-state index in [2.05, 4.69) is 0 Å². The number of hydrogen-bond donors (Lipinski definition) is 3. The van der Waals surface area contributed by atoms with Gasteiger partial charge in [0, 0.05) is 11.0 Å². The number of amidine groups is 1. The predicted molar refractivity (Wildman–Crippen MR) is 55.1 cm³/mol. The molecular formula is C8H15F3N2OS. The minimum atomic E-state index is -4.49. The van der Waals surface area contributed by atoms with E-state index in [-0.39, 0.29) is 11.0 Å². The van der Waals surface area contributed by atoms with Crippen LogP contribution in [-0.2, 0) is 0 Å². The highest BCUT2D eigenvalue weighted by Gasteiger charge is 2.42. The van der Waals surface area contributed by atoms with Gasteiger partial charge in [0.05, 0.1) is 6.10 Å². The maximum Gasteiger partial charge on any atom is 0.399 e. The summed E-state index contributed by atoms with van der Waals surface area (Å²) in [5, 5.41) is 15.6. The van der Waals surface area contributed by atoms with E-state index in [1.807, 2.05) is 0 Å². The van der Waals surface area contributed by atoms with Crippen molar-refractivity contribution < 1.29 is 18.3 Å². The van der Waals surface area contributed by atoms with Crippen molar-refractivity contribution >= 4 is 17.6 Å². The van der Waals surface area contributed by atoms with Gasteiger partial charge in [-0.3, -0.25) is 5.41 Å². The Labute approximate surface area is 90.7 Å². The summed E-state index contributed by atoms with van der Waals surface area (Å²) < 4.78 is 37.0. The number of hydrogen-bond acceptors (Lipinski definition) is 3. The fourth-order valence-corrected chi connectivity index (χ4v) is 1.89. The normalized spacial score (nSPS) is 18.3. The lowest BCUT2D eigenvalue weighted by molar-refractivity contribution is -0.150. The van der Waals surface area contributed by atoms with Crippen LogP contribution >= 0.6 is 11.8 Å². The molecule has 4 N–H and O–H groups in total. The van der Waals surface area contributed by atoms with Crippen LogP contribution in [0.1, 0.15) is 13.8 Å². The molecule has 3 nitrogen and oxygen atoms in total. The Hall–Kier alpha value is -0.430. The molecule has 0 aromatic carbocycles. The first kappa shape index (κ1) is 14.6. The van der Waals surface area contributed by atoms with E-state index in [9.17, 15) is 13.2 Å². The number of halogens is 3. The molecule has 0 aromatic heterocycles. The first-order chi connectivity index (χ1) is 6.66. The van der Waals surface area contributed by atoms with Gasteiger partial charge in [0.2, 0.25) is 0 Å². The molecule has 0 aromatic rings. The molecule has 3 atom stereocenters. The summed E-state index contributed by atoms with van der Waals surface area (Å²) in [6, 6.07) is 0. The van der Waals surface area contributed by atoms with Crippen molar-refractivity contribution in [3.8, 4) is 0 Å². The van der Waals surface area contributed by atoms with E-state index in [1.54, 1.807) is 6.92 Å². The Morgan fingerprint density at radius 2 is 1.93 bits per heavy atom. The topological polar surface area (TPSA) is 70.1 Å². The highest BCUT2D eigenvalue weighted by molar-refractivity contribution is 7.99. The first-order valence-corrected chi connectivity index (χ1v) is 5.41. The summed E-state index contributed by atoms with van der Waals surface area (Å²) in [5.41, 5.74) is 4.87. The highest BCUT2D eigenvalue weighted by atomic mass is 32.2. The van der Waals surface area contributed by atoms with Crippen molar-refractivity contribution in [3.05, 3.63) is 0 Å². The van der Waals surface area contributed by atoms with Gasteiger partial charge in [-0.05, 0) is 6.92 Å². The zero-order valence-electron chi connectivity index (χ0n) is 8.51. The maximum atomic E-state index is 12.3. The van der Waals surface area contributed by atoms with Crippen LogP contribution in [0.3, 0.4) is 0 Å². The predicted octanol–water partition coefficient (Wildman–Crippen LogP) is 1.60. The Bertz CT molecular complexity index is 220. The average molecular weight is 244 g/mol. The lowest BCUT2D eigenvalue weighted by Crippen LogP contribution is -2.37. The molecule has 0 radical (unpaired) electrons. The number of thioether (sulfide) groups is 1. The van der Waals surface area contributed by atoms with Gasteiger partial charge >= 0.3 is 6.18 Å². The zero-order valence-corrected chi connectivity index (χ0v) is 9.32. The molecule has 0 saturated carbocycles. The third-order valence-electron chi connectivity index (χ3n) is 1.98. The maximum absolute atomic E-state index is 12.3. The van der Waals surface area contributed by atoms with Crippen LogP contribution in [0.4, 0.5) is 13.2 Å². The van der Waals surface area contributed by atoms with Crippen molar-refractivity contribution in [1.29, 1.82) is 5.41 Å². The molecule has 0 bridgehead atoms. The summed E-state index contributed by atoms with van der Waals surface area (Å²) in [5.74, 6) is -3.14. The summed E-state index contributed by atoms with van der Waals surface area (Å²) >= 11 is 0.957. The van der Waals surface area contributed by atoms with Gasteiger partial charge in [-0.15, -0.1) is 0 Å². The Balaban J connectivity index is 4.27. The van der Waals surface area contributed by atoms with Crippen LogP contribution < -0.4 is 5.73 Å². The molecule has 0 spiro atoms. The smallest absolute Gasteiger partial charge is 0.392 e. The van der Waals surface area contributed by atoms with Gasteiger partial charge in [0.15, 0.2) is 0 Å². The number of rotatable bonds is 5. The molecule has 0 fully saturated rings. The molecule has 3 unspecified atom stereocenters. The van der Waals surface area contributed by atoms with E-state index in [1.165, 1.54) is 6.92 Å². The lowest BCUT2D eigenvalue weighted by atomic mass is 10.1. The largest absolute Gasteiger partial charge is 0.399 e. The summed E-state index contributed by atoms with van der Waals surface area (Å²) in [6.07, 6.45) is -5.17. The van der Waals surface area contributed by atoms with Gasteiger partial charge in [-0.1, -0.05) is 6.92 Å². The average Bonchev–Trinajstić information content (AvgIpc) is 2.00. The Kier molecular flexibility index (Phi) is 5.44. The van der Waals surface area contributed by atoms with Crippen LogP contribution in [-0.4, -0.2) is 34.2 Å². The van der Waals surface area contributed by atoms with Crippen LogP contribution in [0.25, 0.3) is 0 Å². The molecule has 7 heteroatoms. The van der Waals surface area contributed by atoms with Crippen molar-refractivity contribution in [2.75, 3.05) is 5.75 Å². The number of nitrogens with two attached hydrogens (primary N) is 1. The number of aliphatic hydroxyl groups excluding tert-OH is 1. The molecule has 0 rings (SSSR count). The summed E-state index contributed by atoms with van der Waals surface area (Å²) in [6.45, 7) is 3.14. The van der Waals surface area contributed by atoms with Crippen LogP contribution in [0.2, 0.25) is 0 Å². The van der Waals surface area contributed by atoms with Crippen LogP contribution in [0.15, 0.2) is 0 Å². The molecule has 0 aliphatic heterocycles. The molecule has 0 amide bonds. The van der Waals surface area contributed by atoms with Gasteiger partial charge in [0.25, 0.3) is 0 Å². The quantitative estimate of drug-likeness (QED) is 0.508. The summed E-state index contributed by atoms with van der Waals surface area (Å²) in [4.78, 5) is 0. The fraction of sp³-hybridized carbons (Fsp3) is 0.875. The second kappa shape index (κ2) is 5.60. The second-order valence-corrected chi connectivity index (χ2v) is 4.74. The molecule has 0 saturated heterocycles. The Morgan fingerprint density at radius 1 is 1.47 bits per heavy atom. The van der Waals surface area contributed by atoms with E-state index in [0.29, 0.717) is 0 Å². The molecule has 0 aliphatic rings. The van der Waals surface area contributed by atoms with Crippen molar-refractivity contribution in [3.63, 3.8) is 0 Å². The summed E-state index contributed by atoms with van der Waals surface area (Å²) in [7, 11) is 0.